The predicted octanol–water partition coefficient (Wildman–Crippen LogP) is 2.84. The second-order valence-electron chi connectivity index (χ2n) is 5.33. The summed E-state index contributed by atoms with van der Waals surface area (Å²) in [5, 5.41) is 4.09. The Morgan fingerprint density at radius 3 is 2.40 bits per heavy atom. The van der Waals surface area contributed by atoms with Gasteiger partial charge in [-0.15, -0.1) is 0 Å². The molecule has 1 aliphatic rings. The van der Waals surface area contributed by atoms with Crippen LogP contribution in [0.3, 0.4) is 0 Å². The minimum absolute atomic E-state index is 0.0321. The van der Waals surface area contributed by atoms with Gasteiger partial charge in [0, 0.05) is 13.5 Å². The number of hydrogen-bond acceptors (Lipinski definition) is 1. The number of hydrogen-bond donors (Lipinski definition) is 0. The molecule has 1 unspecified atom stereocenters. The van der Waals surface area contributed by atoms with Gasteiger partial charge in [0.1, 0.15) is 0 Å². The first-order valence-corrected chi connectivity index (χ1v) is 5.13. The molecular formula is C11H16F2N2. The third kappa shape index (κ3) is 1.66. The average molecular weight is 214 g/mol. The zero-order valence-corrected chi connectivity index (χ0v) is 9.51. The molecule has 2 rings (SSSR count). The topological polar surface area (TPSA) is 17.8 Å². The van der Waals surface area contributed by atoms with Crippen LogP contribution in [0.15, 0.2) is 6.20 Å². The molecule has 0 aliphatic heterocycles. The lowest BCUT2D eigenvalue weighted by Gasteiger charge is -2.19. The fourth-order valence-corrected chi connectivity index (χ4v) is 1.95. The molecule has 0 spiro atoms. The molecule has 1 aromatic rings. The Kier molecular flexibility index (Phi) is 1.98. The van der Waals surface area contributed by atoms with E-state index >= 15 is 0 Å². The van der Waals surface area contributed by atoms with Gasteiger partial charge in [0.2, 0.25) is 0 Å². The van der Waals surface area contributed by atoms with Crippen molar-refractivity contribution in [3.05, 3.63) is 17.5 Å². The monoisotopic (exact) mass is 214 g/mol. The number of alkyl halides is 2. The van der Waals surface area contributed by atoms with Gasteiger partial charge >= 0.3 is 0 Å². The van der Waals surface area contributed by atoms with Crippen molar-refractivity contribution >= 4 is 0 Å². The quantitative estimate of drug-likeness (QED) is 0.703. The molecule has 0 bridgehead atoms. The van der Waals surface area contributed by atoms with Crippen LogP contribution >= 0.6 is 0 Å². The molecule has 0 saturated heterocycles. The maximum absolute atomic E-state index is 13.1. The molecule has 0 amide bonds. The lowest BCUT2D eigenvalue weighted by atomic mass is 9.86. The van der Waals surface area contributed by atoms with Crippen LogP contribution in [0.5, 0.6) is 0 Å². The van der Waals surface area contributed by atoms with Gasteiger partial charge in [-0.1, -0.05) is 20.8 Å². The molecule has 1 saturated carbocycles. The molecule has 1 aromatic heterocycles. The van der Waals surface area contributed by atoms with Crippen LogP contribution in [-0.4, -0.2) is 15.7 Å². The van der Waals surface area contributed by atoms with Gasteiger partial charge in [-0.05, 0) is 11.0 Å². The largest absolute Gasteiger partial charge is 0.272 e. The van der Waals surface area contributed by atoms with Crippen molar-refractivity contribution in [3.63, 3.8) is 0 Å². The molecule has 15 heavy (non-hydrogen) atoms. The number of rotatable bonds is 1. The molecule has 1 fully saturated rings. The van der Waals surface area contributed by atoms with E-state index in [0.717, 1.165) is 5.56 Å². The van der Waals surface area contributed by atoms with Gasteiger partial charge in [-0.2, -0.15) is 5.10 Å². The molecule has 4 heteroatoms. The van der Waals surface area contributed by atoms with Crippen LogP contribution in [0.2, 0.25) is 0 Å². The second kappa shape index (κ2) is 2.80. The summed E-state index contributed by atoms with van der Waals surface area (Å²) in [5.74, 6) is -3.15. The molecule has 1 atom stereocenters. The molecule has 0 N–H and O–H groups in total. The molecule has 2 nitrogen and oxygen atoms in total. The van der Waals surface area contributed by atoms with Crippen LogP contribution in [0.1, 0.15) is 44.4 Å². The predicted molar refractivity (Wildman–Crippen MR) is 54.2 cm³/mol. The maximum atomic E-state index is 13.1. The third-order valence-corrected chi connectivity index (χ3v) is 2.95. The molecule has 0 aromatic carbocycles. The van der Waals surface area contributed by atoms with E-state index < -0.39 is 11.8 Å². The van der Waals surface area contributed by atoms with Gasteiger partial charge in [-0.25, -0.2) is 8.78 Å². The van der Waals surface area contributed by atoms with Crippen LogP contribution in [0, 0.1) is 0 Å². The van der Waals surface area contributed by atoms with Crippen molar-refractivity contribution in [2.24, 2.45) is 7.05 Å². The first-order chi connectivity index (χ1) is 6.73. The number of nitrogens with zero attached hydrogens (tertiary/aromatic N) is 2. The van der Waals surface area contributed by atoms with E-state index in [1.54, 1.807) is 17.9 Å². The summed E-state index contributed by atoms with van der Waals surface area (Å²) in [4.78, 5) is 0. The fourth-order valence-electron chi connectivity index (χ4n) is 1.95. The normalized spacial score (nSPS) is 24.3. The van der Waals surface area contributed by atoms with Gasteiger partial charge in [0.25, 0.3) is 5.92 Å². The van der Waals surface area contributed by atoms with Gasteiger partial charge in [-0.3, -0.25) is 4.68 Å². The minimum Gasteiger partial charge on any atom is -0.272 e. The van der Waals surface area contributed by atoms with Gasteiger partial charge in [0.15, 0.2) is 0 Å². The first kappa shape index (κ1) is 10.6. The van der Waals surface area contributed by atoms with E-state index in [2.05, 4.69) is 5.10 Å². The Hall–Kier alpha value is -0.930. The Balaban J connectivity index is 2.43. The average Bonchev–Trinajstić information content (AvgIpc) is 2.52. The van der Waals surface area contributed by atoms with Gasteiger partial charge < -0.3 is 0 Å². The number of aryl methyl sites for hydroxylation is 1. The summed E-state index contributed by atoms with van der Waals surface area (Å²) in [7, 11) is 1.74. The number of halogens is 2. The summed E-state index contributed by atoms with van der Waals surface area (Å²) in [5.41, 5.74) is 1.52. The third-order valence-electron chi connectivity index (χ3n) is 2.95. The van der Waals surface area contributed by atoms with Crippen molar-refractivity contribution in [3.8, 4) is 0 Å². The van der Waals surface area contributed by atoms with Crippen LogP contribution in [0.25, 0.3) is 0 Å². The lowest BCUT2D eigenvalue weighted by Crippen LogP contribution is -2.14. The van der Waals surface area contributed by atoms with E-state index in [1.807, 2.05) is 20.8 Å². The summed E-state index contributed by atoms with van der Waals surface area (Å²) >= 11 is 0. The first-order valence-electron chi connectivity index (χ1n) is 5.13. The van der Waals surface area contributed by atoms with Crippen molar-refractivity contribution in [2.75, 3.05) is 0 Å². The van der Waals surface area contributed by atoms with E-state index in [1.165, 1.54) is 0 Å². The lowest BCUT2D eigenvalue weighted by molar-refractivity contribution is 0.110. The van der Waals surface area contributed by atoms with Crippen molar-refractivity contribution in [1.82, 2.24) is 9.78 Å². The van der Waals surface area contributed by atoms with Crippen LogP contribution in [-0.2, 0) is 12.5 Å². The molecule has 0 radical (unpaired) electrons. The smallest absolute Gasteiger partial charge is 0.257 e. The standard InChI is InChI=1S/C11H16F2N2/c1-10(2,3)8-6-14-15(4)9(8)7-5-11(7,12)13/h6-7H,5H2,1-4H3. The Bertz CT molecular complexity index is 388. The SMILES string of the molecule is Cn1ncc(C(C)(C)C)c1C1CC1(F)F. The van der Waals surface area contributed by atoms with E-state index in [4.69, 9.17) is 0 Å². The van der Waals surface area contributed by atoms with Crippen molar-refractivity contribution < 1.29 is 8.78 Å². The molecule has 84 valence electrons. The van der Waals surface area contributed by atoms with E-state index in [0.29, 0.717) is 5.69 Å². The molecule has 1 aliphatic carbocycles. The maximum Gasteiger partial charge on any atom is 0.257 e. The van der Waals surface area contributed by atoms with Crippen molar-refractivity contribution in [2.45, 2.75) is 44.4 Å². The van der Waals surface area contributed by atoms with Crippen molar-refractivity contribution in [1.29, 1.82) is 0 Å². The van der Waals surface area contributed by atoms with Gasteiger partial charge in [0.05, 0.1) is 17.8 Å². The summed E-state index contributed by atoms with van der Waals surface area (Å²) < 4.78 is 27.7. The minimum atomic E-state index is -2.52. The summed E-state index contributed by atoms with van der Waals surface area (Å²) in [6.45, 7) is 6.07. The van der Waals surface area contributed by atoms with E-state index in [-0.39, 0.29) is 11.8 Å². The van der Waals surface area contributed by atoms with Crippen LogP contribution in [0.4, 0.5) is 8.78 Å². The fraction of sp³-hybridized carbons (Fsp3) is 0.727. The Morgan fingerprint density at radius 2 is 2.00 bits per heavy atom. The number of aromatic nitrogens is 2. The highest BCUT2D eigenvalue weighted by Gasteiger charge is 2.60. The highest BCUT2D eigenvalue weighted by molar-refractivity contribution is 5.34. The molecule has 1 heterocycles. The summed E-state index contributed by atoms with van der Waals surface area (Å²) in [6.07, 6.45) is 1.68. The van der Waals surface area contributed by atoms with Crippen LogP contribution < -0.4 is 0 Å². The Morgan fingerprint density at radius 1 is 1.47 bits per heavy atom. The highest BCUT2D eigenvalue weighted by Crippen LogP contribution is 2.57. The zero-order valence-electron chi connectivity index (χ0n) is 9.51. The highest BCUT2D eigenvalue weighted by atomic mass is 19.3. The Labute approximate surface area is 88.3 Å². The zero-order chi connectivity index (χ0) is 11.4. The van der Waals surface area contributed by atoms with E-state index in [9.17, 15) is 8.78 Å². The second-order valence-corrected chi connectivity index (χ2v) is 5.33. The summed E-state index contributed by atoms with van der Waals surface area (Å²) in [6, 6.07) is 0. The molecular weight excluding hydrogens is 198 g/mol.